The Kier molecular flexibility index (Phi) is 2.43. The zero-order chi connectivity index (χ0) is 14.0. The molecule has 1 aromatic rings. The lowest BCUT2D eigenvalue weighted by Gasteiger charge is -2.19. The number of benzene rings is 1. The van der Waals surface area contributed by atoms with Gasteiger partial charge in [0.05, 0.1) is 17.5 Å². The van der Waals surface area contributed by atoms with Crippen LogP contribution in [0.25, 0.3) is 0 Å². The number of halogens is 1. The van der Waals surface area contributed by atoms with E-state index >= 15 is 0 Å². The first-order valence-electron chi connectivity index (χ1n) is 6.94. The third-order valence-electron chi connectivity index (χ3n) is 5.11. The summed E-state index contributed by atoms with van der Waals surface area (Å²) < 4.78 is 0. The molecule has 1 aliphatic heterocycles. The van der Waals surface area contributed by atoms with Crippen molar-refractivity contribution in [3.63, 3.8) is 0 Å². The Morgan fingerprint density at radius 1 is 1.10 bits per heavy atom. The third-order valence-corrected chi connectivity index (χ3v) is 5.34. The standard InChI is InChI=1S/C15H14ClNO3/c16-9-3-4-11(18)10(6-9)17-14(19)12-7-1-2-8(5-7)13(12)15(17)20/h3-4,6-8,12-13,18H,1-2,5H2/t7-,8-,12-,13+/m0/s1. The van der Waals surface area contributed by atoms with Gasteiger partial charge in [0.1, 0.15) is 5.75 Å². The van der Waals surface area contributed by atoms with Gasteiger partial charge in [-0.1, -0.05) is 11.6 Å². The van der Waals surface area contributed by atoms with Crippen molar-refractivity contribution in [3.05, 3.63) is 23.2 Å². The number of phenols is 1. The number of fused-ring (bicyclic) bond motifs is 5. The van der Waals surface area contributed by atoms with E-state index in [9.17, 15) is 14.7 Å². The molecule has 4 nitrogen and oxygen atoms in total. The minimum absolute atomic E-state index is 0.0802. The molecule has 0 unspecified atom stereocenters. The van der Waals surface area contributed by atoms with Gasteiger partial charge in [-0.2, -0.15) is 0 Å². The second-order valence-corrected chi connectivity index (χ2v) is 6.47. The Labute approximate surface area is 121 Å². The number of hydrogen-bond acceptors (Lipinski definition) is 3. The highest BCUT2D eigenvalue weighted by Crippen LogP contribution is 2.57. The maximum atomic E-state index is 12.6. The molecule has 2 aliphatic carbocycles. The molecule has 1 heterocycles. The minimum Gasteiger partial charge on any atom is -0.506 e. The number of anilines is 1. The molecule has 1 aromatic carbocycles. The van der Waals surface area contributed by atoms with Crippen LogP contribution in [0.3, 0.4) is 0 Å². The average Bonchev–Trinajstić information content (AvgIpc) is 3.08. The van der Waals surface area contributed by atoms with Gasteiger partial charge in [-0.15, -0.1) is 0 Å². The number of amides is 2. The first-order chi connectivity index (χ1) is 9.58. The summed E-state index contributed by atoms with van der Waals surface area (Å²) in [6, 6.07) is 4.44. The van der Waals surface area contributed by atoms with Crippen molar-refractivity contribution < 1.29 is 14.7 Å². The summed E-state index contributed by atoms with van der Waals surface area (Å²) in [4.78, 5) is 26.4. The van der Waals surface area contributed by atoms with Crippen molar-refractivity contribution >= 4 is 29.1 Å². The van der Waals surface area contributed by atoms with Crippen LogP contribution in [0.2, 0.25) is 5.02 Å². The number of aromatic hydroxyl groups is 1. The number of imide groups is 1. The molecule has 3 aliphatic rings. The van der Waals surface area contributed by atoms with Crippen LogP contribution in [0.5, 0.6) is 5.75 Å². The second-order valence-electron chi connectivity index (χ2n) is 6.03. The predicted molar refractivity (Wildman–Crippen MR) is 73.4 cm³/mol. The van der Waals surface area contributed by atoms with Gasteiger partial charge < -0.3 is 5.11 Å². The lowest BCUT2D eigenvalue weighted by Crippen LogP contribution is -2.32. The van der Waals surface area contributed by atoms with Gasteiger partial charge in [0.15, 0.2) is 0 Å². The van der Waals surface area contributed by atoms with Crippen molar-refractivity contribution in [2.24, 2.45) is 23.7 Å². The quantitative estimate of drug-likeness (QED) is 0.809. The van der Waals surface area contributed by atoms with Crippen molar-refractivity contribution in [1.82, 2.24) is 0 Å². The minimum atomic E-state index is -0.181. The van der Waals surface area contributed by atoms with Gasteiger partial charge in [-0.3, -0.25) is 9.59 Å². The van der Waals surface area contributed by atoms with E-state index in [2.05, 4.69) is 0 Å². The fourth-order valence-corrected chi connectivity index (χ4v) is 4.49. The number of carbonyl (C=O) groups is 2. The summed E-state index contributed by atoms with van der Waals surface area (Å²) in [6.07, 6.45) is 3.09. The van der Waals surface area contributed by atoms with E-state index in [1.54, 1.807) is 0 Å². The summed E-state index contributed by atoms with van der Waals surface area (Å²) in [5.41, 5.74) is 0.223. The van der Waals surface area contributed by atoms with Gasteiger partial charge in [0.25, 0.3) is 0 Å². The number of phenolic OH excluding ortho intramolecular Hbond substituents is 1. The van der Waals surface area contributed by atoms with Crippen molar-refractivity contribution in [2.75, 3.05) is 4.90 Å². The lowest BCUT2D eigenvalue weighted by molar-refractivity contribution is -0.123. The van der Waals surface area contributed by atoms with Gasteiger partial charge in [0.2, 0.25) is 11.8 Å². The normalized spacial score (nSPS) is 35.0. The van der Waals surface area contributed by atoms with Crippen LogP contribution in [0.15, 0.2) is 18.2 Å². The van der Waals surface area contributed by atoms with Gasteiger partial charge in [0, 0.05) is 5.02 Å². The molecule has 20 heavy (non-hydrogen) atoms. The van der Waals surface area contributed by atoms with Crippen molar-refractivity contribution in [3.8, 4) is 5.75 Å². The molecular formula is C15H14ClNO3. The maximum Gasteiger partial charge on any atom is 0.238 e. The molecule has 104 valence electrons. The van der Waals surface area contributed by atoms with E-state index < -0.39 is 0 Å². The van der Waals surface area contributed by atoms with Crippen LogP contribution >= 0.6 is 11.6 Å². The molecule has 2 bridgehead atoms. The smallest absolute Gasteiger partial charge is 0.238 e. The molecule has 0 radical (unpaired) electrons. The molecule has 3 fully saturated rings. The average molecular weight is 292 g/mol. The number of nitrogens with zero attached hydrogens (tertiary/aromatic N) is 1. The molecule has 2 amide bonds. The number of carbonyl (C=O) groups excluding carboxylic acids is 2. The molecule has 1 N–H and O–H groups in total. The Balaban J connectivity index is 1.79. The van der Waals surface area contributed by atoms with Crippen LogP contribution in [0, 0.1) is 23.7 Å². The van der Waals surface area contributed by atoms with Gasteiger partial charge in [-0.25, -0.2) is 4.90 Å². The zero-order valence-corrected chi connectivity index (χ0v) is 11.5. The monoisotopic (exact) mass is 291 g/mol. The van der Waals surface area contributed by atoms with Gasteiger partial charge in [-0.05, 0) is 49.3 Å². The molecular weight excluding hydrogens is 278 g/mol. The second kappa shape index (κ2) is 3.98. The van der Waals surface area contributed by atoms with Crippen LogP contribution in [-0.4, -0.2) is 16.9 Å². The van der Waals surface area contributed by atoms with E-state index in [-0.39, 0.29) is 35.1 Å². The van der Waals surface area contributed by atoms with E-state index in [4.69, 9.17) is 11.6 Å². The molecule has 4 rings (SSSR count). The summed E-state index contributed by atoms with van der Waals surface area (Å²) in [6.45, 7) is 0. The van der Waals surface area contributed by atoms with E-state index in [0.717, 1.165) is 24.2 Å². The summed E-state index contributed by atoms with van der Waals surface area (Å²) >= 11 is 5.92. The topological polar surface area (TPSA) is 57.6 Å². The predicted octanol–water partition coefficient (Wildman–Crippen LogP) is 2.58. The van der Waals surface area contributed by atoms with E-state index in [1.165, 1.54) is 18.2 Å². The number of hydrogen-bond donors (Lipinski definition) is 1. The highest BCUT2D eigenvalue weighted by Gasteiger charge is 2.61. The molecule has 4 atom stereocenters. The highest BCUT2D eigenvalue weighted by atomic mass is 35.5. The SMILES string of the molecule is O=C1[C@@H]2[C@H]3CC[C@@H](C3)[C@@H]2C(=O)N1c1cc(Cl)ccc1O. The Morgan fingerprint density at radius 3 is 2.30 bits per heavy atom. The number of rotatable bonds is 1. The molecule has 0 aromatic heterocycles. The van der Waals surface area contributed by atoms with E-state index in [0.29, 0.717) is 16.9 Å². The van der Waals surface area contributed by atoms with Crippen LogP contribution in [-0.2, 0) is 9.59 Å². The largest absolute Gasteiger partial charge is 0.506 e. The van der Waals surface area contributed by atoms with Crippen molar-refractivity contribution in [1.29, 1.82) is 0 Å². The van der Waals surface area contributed by atoms with Crippen LogP contribution in [0.4, 0.5) is 5.69 Å². The Hall–Kier alpha value is -1.55. The third kappa shape index (κ3) is 1.43. The first-order valence-corrected chi connectivity index (χ1v) is 7.32. The highest BCUT2D eigenvalue weighted by molar-refractivity contribution is 6.31. The molecule has 0 spiro atoms. The van der Waals surface area contributed by atoms with Gasteiger partial charge >= 0.3 is 0 Å². The molecule has 2 saturated carbocycles. The Bertz CT molecular complexity index is 602. The van der Waals surface area contributed by atoms with Crippen LogP contribution < -0.4 is 4.90 Å². The summed E-state index contributed by atoms with van der Waals surface area (Å²) in [7, 11) is 0. The zero-order valence-electron chi connectivity index (χ0n) is 10.8. The lowest BCUT2D eigenvalue weighted by atomic mass is 9.81. The fourth-order valence-electron chi connectivity index (χ4n) is 4.32. The maximum absolute atomic E-state index is 12.6. The molecule has 1 saturated heterocycles. The fraction of sp³-hybridized carbons (Fsp3) is 0.467. The Morgan fingerprint density at radius 2 is 1.70 bits per heavy atom. The summed E-state index contributed by atoms with van der Waals surface area (Å²) in [5, 5.41) is 10.3. The van der Waals surface area contributed by atoms with E-state index in [1.807, 2.05) is 0 Å². The van der Waals surface area contributed by atoms with Crippen molar-refractivity contribution in [2.45, 2.75) is 19.3 Å². The van der Waals surface area contributed by atoms with Crippen LogP contribution in [0.1, 0.15) is 19.3 Å². The molecule has 5 heteroatoms. The first kappa shape index (κ1) is 12.2. The summed E-state index contributed by atoms with van der Waals surface area (Å²) in [5.74, 6) is -0.0854.